The van der Waals surface area contributed by atoms with Gasteiger partial charge in [0.15, 0.2) is 0 Å². The van der Waals surface area contributed by atoms with Gasteiger partial charge in [0, 0.05) is 5.69 Å². The van der Waals surface area contributed by atoms with Gasteiger partial charge in [-0.1, -0.05) is 0 Å². The fourth-order valence-corrected chi connectivity index (χ4v) is 2.17. The number of carbonyl (C=O) groups is 1. The van der Waals surface area contributed by atoms with Crippen molar-refractivity contribution in [2.24, 2.45) is 0 Å². The highest BCUT2D eigenvalue weighted by Gasteiger charge is 2.16. The molecule has 2 aromatic rings. The number of hydrogen-bond donors (Lipinski definition) is 3. The van der Waals surface area contributed by atoms with E-state index < -0.39 is 5.69 Å². The minimum atomic E-state index is -0.464. The van der Waals surface area contributed by atoms with Gasteiger partial charge in [-0.25, -0.2) is 9.78 Å². The summed E-state index contributed by atoms with van der Waals surface area (Å²) >= 11 is 1.25. The molecule has 0 radical (unpaired) electrons. The molecule has 8 nitrogen and oxygen atoms in total. The Bertz CT molecular complexity index is 636. The lowest BCUT2D eigenvalue weighted by atomic mass is 10.2. The van der Waals surface area contributed by atoms with E-state index in [1.807, 2.05) is 0 Å². The van der Waals surface area contributed by atoms with Crippen molar-refractivity contribution < 1.29 is 4.79 Å². The summed E-state index contributed by atoms with van der Waals surface area (Å²) in [4.78, 5) is 33.5. The number of aromatic amines is 2. The molecule has 2 aromatic heterocycles. The zero-order valence-electron chi connectivity index (χ0n) is 10.4. The first kappa shape index (κ1) is 13.3. The first-order chi connectivity index (χ1) is 9.11. The predicted molar refractivity (Wildman–Crippen MR) is 68.9 cm³/mol. The van der Waals surface area contributed by atoms with Crippen molar-refractivity contribution in [3.63, 3.8) is 0 Å². The van der Waals surface area contributed by atoms with Crippen LogP contribution in [0.4, 0.5) is 0 Å². The van der Waals surface area contributed by atoms with E-state index in [-0.39, 0.29) is 12.5 Å². The minimum absolute atomic E-state index is 0.227. The van der Waals surface area contributed by atoms with Gasteiger partial charge in [0.05, 0.1) is 12.1 Å². The second-order valence-corrected chi connectivity index (χ2v) is 4.46. The molecule has 0 saturated carbocycles. The summed E-state index contributed by atoms with van der Waals surface area (Å²) in [6.07, 6.45) is 3.12. The second-order valence-electron chi connectivity index (χ2n) is 3.67. The molecule has 0 atom stereocenters. The molecule has 0 unspecified atom stereocenters. The lowest BCUT2D eigenvalue weighted by molar-refractivity contribution is 0.0945. The van der Waals surface area contributed by atoms with Crippen LogP contribution < -0.4 is 11.0 Å². The molecule has 0 aliphatic heterocycles. The van der Waals surface area contributed by atoms with Crippen LogP contribution in [0, 0.1) is 6.92 Å². The number of nitrogens with one attached hydrogen (secondary N) is 3. The Hall–Kier alpha value is -2.16. The van der Waals surface area contributed by atoms with Gasteiger partial charge in [0.1, 0.15) is 17.2 Å². The third-order valence-electron chi connectivity index (χ3n) is 2.39. The molecule has 0 fully saturated rings. The first-order valence-corrected chi connectivity index (χ1v) is 6.61. The highest BCUT2D eigenvalue weighted by molar-refractivity contribution is 7.98. The van der Waals surface area contributed by atoms with Gasteiger partial charge in [-0.15, -0.1) is 11.8 Å². The van der Waals surface area contributed by atoms with E-state index in [4.69, 9.17) is 0 Å². The number of aromatic nitrogens is 5. The zero-order valence-corrected chi connectivity index (χ0v) is 11.2. The summed E-state index contributed by atoms with van der Waals surface area (Å²) in [5.41, 5.74) is 0.389. The lowest BCUT2D eigenvalue weighted by Gasteiger charge is -2.09. The summed E-state index contributed by atoms with van der Waals surface area (Å²) < 4.78 is 0. The second kappa shape index (κ2) is 5.65. The van der Waals surface area contributed by atoms with E-state index in [9.17, 15) is 9.59 Å². The van der Waals surface area contributed by atoms with Crippen molar-refractivity contribution in [1.82, 2.24) is 30.5 Å². The van der Waals surface area contributed by atoms with Gasteiger partial charge in [-0.3, -0.25) is 9.89 Å². The fourth-order valence-electron chi connectivity index (χ4n) is 1.54. The first-order valence-electron chi connectivity index (χ1n) is 5.39. The molecule has 2 heterocycles. The van der Waals surface area contributed by atoms with Gasteiger partial charge < -0.3 is 10.3 Å². The summed E-state index contributed by atoms with van der Waals surface area (Å²) in [6.45, 7) is 1.89. The predicted octanol–water partition coefficient (Wildman–Crippen LogP) is -0.152. The third-order valence-corrected chi connectivity index (χ3v) is 3.07. The molecule has 1 amide bonds. The maximum atomic E-state index is 12.1. The van der Waals surface area contributed by atoms with Crippen LogP contribution in [-0.2, 0) is 6.54 Å². The summed E-state index contributed by atoms with van der Waals surface area (Å²) in [6, 6.07) is 0. The standard InChI is InChI=1S/C10H12N6O2S/c1-5-7(9(19-2)15-10(18)14-5)8(17)11-3-6-12-4-13-16-6/h4H,3H2,1-2H3,(H,11,17)(H,12,13,16)(H,14,15,18). The fraction of sp³-hybridized carbons (Fsp3) is 0.300. The molecule has 0 spiro atoms. The van der Waals surface area contributed by atoms with E-state index in [1.54, 1.807) is 13.2 Å². The number of hydrogen-bond acceptors (Lipinski definition) is 6. The van der Waals surface area contributed by atoms with Crippen molar-refractivity contribution >= 4 is 17.7 Å². The molecule has 9 heteroatoms. The molecule has 0 aliphatic carbocycles. The van der Waals surface area contributed by atoms with E-state index in [0.717, 1.165) is 0 Å². The van der Waals surface area contributed by atoms with E-state index in [1.165, 1.54) is 18.1 Å². The zero-order chi connectivity index (χ0) is 13.8. The smallest absolute Gasteiger partial charge is 0.345 e. The van der Waals surface area contributed by atoms with Crippen molar-refractivity contribution in [2.45, 2.75) is 18.5 Å². The van der Waals surface area contributed by atoms with Crippen molar-refractivity contribution in [2.75, 3.05) is 6.26 Å². The van der Waals surface area contributed by atoms with Gasteiger partial charge in [0.2, 0.25) is 0 Å². The number of amides is 1. The molecule has 0 saturated heterocycles. The Balaban J connectivity index is 2.21. The molecule has 100 valence electrons. The van der Waals surface area contributed by atoms with Crippen molar-refractivity contribution in [3.8, 4) is 0 Å². The maximum absolute atomic E-state index is 12.1. The topological polar surface area (TPSA) is 116 Å². The monoisotopic (exact) mass is 280 g/mol. The average molecular weight is 280 g/mol. The number of aryl methyl sites for hydroxylation is 1. The quantitative estimate of drug-likeness (QED) is 0.529. The average Bonchev–Trinajstić information content (AvgIpc) is 2.88. The van der Waals surface area contributed by atoms with Crippen LogP contribution in [-0.4, -0.2) is 37.3 Å². The highest BCUT2D eigenvalue weighted by Crippen LogP contribution is 2.17. The Morgan fingerprint density at radius 2 is 2.32 bits per heavy atom. The number of carbonyl (C=O) groups excluding carboxylic acids is 1. The molecule has 2 rings (SSSR count). The van der Waals surface area contributed by atoms with Gasteiger partial charge in [-0.05, 0) is 13.2 Å². The van der Waals surface area contributed by atoms with Crippen LogP contribution in [0.15, 0.2) is 16.1 Å². The molecule has 0 bridgehead atoms. The van der Waals surface area contributed by atoms with E-state index >= 15 is 0 Å². The van der Waals surface area contributed by atoms with E-state index in [2.05, 4.69) is 30.5 Å². The Labute approximate surface area is 112 Å². The van der Waals surface area contributed by atoms with Crippen LogP contribution in [0.2, 0.25) is 0 Å². The normalized spacial score (nSPS) is 10.4. The summed E-state index contributed by atoms with van der Waals surface area (Å²) in [5.74, 6) is 0.232. The van der Waals surface area contributed by atoms with Gasteiger partial charge in [-0.2, -0.15) is 10.1 Å². The third kappa shape index (κ3) is 2.99. The van der Waals surface area contributed by atoms with Gasteiger partial charge >= 0.3 is 5.69 Å². The molecular weight excluding hydrogens is 268 g/mol. The van der Waals surface area contributed by atoms with Crippen molar-refractivity contribution in [1.29, 1.82) is 0 Å². The Morgan fingerprint density at radius 3 is 2.95 bits per heavy atom. The summed E-state index contributed by atoms with van der Waals surface area (Å²) in [7, 11) is 0. The number of H-pyrrole nitrogens is 2. The maximum Gasteiger partial charge on any atom is 0.346 e. The molecule has 19 heavy (non-hydrogen) atoms. The highest BCUT2D eigenvalue weighted by atomic mass is 32.2. The Kier molecular flexibility index (Phi) is 3.95. The van der Waals surface area contributed by atoms with Crippen LogP contribution in [0.25, 0.3) is 0 Å². The SMILES string of the molecule is CSc1nc(=O)[nH]c(C)c1C(=O)NCc1ncn[nH]1. The van der Waals surface area contributed by atoms with Crippen LogP contribution in [0.1, 0.15) is 21.9 Å². The molecule has 0 aliphatic rings. The lowest BCUT2D eigenvalue weighted by Crippen LogP contribution is -2.28. The molecule has 3 N–H and O–H groups in total. The van der Waals surface area contributed by atoms with Gasteiger partial charge in [0.25, 0.3) is 5.91 Å². The number of thioether (sulfide) groups is 1. The summed E-state index contributed by atoms with van der Waals surface area (Å²) in [5, 5.41) is 9.41. The number of nitrogens with zero attached hydrogens (tertiary/aromatic N) is 3. The minimum Gasteiger partial charge on any atom is -0.345 e. The van der Waals surface area contributed by atoms with Crippen LogP contribution in [0.3, 0.4) is 0 Å². The largest absolute Gasteiger partial charge is 0.346 e. The van der Waals surface area contributed by atoms with Crippen LogP contribution in [0.5, 0.6) is 0 Å². The molecular formula is C10H12N6O2S. The Morgan fingerprint density at radius 1 is 1.53 bits per heavy atom. The van der Waals surface area contributed by atoms with E-state index in [0.29, 0.717) is 22.1 Å². The molecule has 0 aromatic carbocycles. The van der Waals surface area contributed by atoms with Crippen molar-refractivity contribution in [3.05, 3.63) is 33.9 Å². The number of rotatable bonds is 4. The van der Waals surface area contributed by atoms with Crippen LogP contribution >= 0.6 is 11.8 Å².